The zero-order valence-electron chi connectivity index (χ0n) is 17.5. The van der Waals surface area contributed by atoms with Gasteiger partial charge in [-0.2, -0.15) is 0 Å². The van der Waals surface area contributed by atoms with Crippen LogP contribution in [0.15, 0.2) is 59.4 Å². The highest BCUT2D eigenvalue weighted by atomic mass is 32.1. The lowest BCUT2D eigenvalue weighted by molar-refractivity contribution is 0.698. The van der Waals surface area contributed by atoms with Crippen molar-refractivity contribution in [2.45, 2.75) is 52.0 Å². The summed E-state index contributed by atoms with van der Waals surface area (Å²) in [6.07, 6.45) is 4.45. The van der Waals surface area contributed by atoms with Gasteiger partial charge in [-0.1, -0.05) is 68.4 Å². The van der Waals surface area contributed by atoms with Gasteiger partial charge in [-0.25, -0.2) is 4.98 Å². The predicted molar refractivity (Wildman–Crippen MR) is 126 cm³/mol. The molecule has 5 rings (SSSR count). The first kappa shape index (κ1) is 19.3. The fraction of sp³-hybridized carbons (Fsp3) is 0.308. The van der Waals surface area contributed by atoms with Crippen LogP contribution in [-0.4, -0.2) is 9.55 Å². The minimum Gasteiger partial charge on any atom is -0.288 e. The van der Waals surface area contributed by atoms with Gasteiger partial charge in [0.25, 0.3) is 5.56 Å². The summed E-state index contributed by atoms with van der Waals surface area (Å²) in [4.78, 5) is 21.1. The lowest BCUT2D eigenvalue weighted by Crippen LogP contribution is -2.24. The highest BCUT2D eigenvalue weighted by molar-refractivity contribution is 7.18. The van der Waals surface area contributed by atoms with Crippen molar-refractivity contribution in [2.75, 3.05) is 0 Å². The molecule has 0 atom stereocenters. The van der Waals surface area contributed by atoms with Crippen LogP contribution in [0.3, 0.4) is 0 Å². The molecule has 3 nitrogen and oxygen atoms in total. The van der Waals surface area contributed by atoms with Crippen LogP contribution < -0.4 is 5.56 Å². The molecule has 0 unspecified atom stereocenters. The van der Waals surface area contributed by atoms with Crippen molar-refractivity contribution < 1.29 is 0 Å². The van der Waals surface area contributed by atoms with Crippen LogP contribution in [-0.2, 0) is 19.4 Å². The normalized spacial score (nSPS) is 13.7. The quantitative estimate of drug-likeness (QED) is 0.400. The summed E-state index contributed by atoms with van der Waals surface area (Å²) in [7, 11) is 0. The molecule has 1 aliphatic carbocycles. The van der Waals surface area contributed by atoms with E-state index in [0.29, 0.717) is 12.5 Å². The van der Waals surface area contributed by atoms with Crippen LogP contribution in [0.5, 0.6) is 0 Å². The highest BCUT2D eigenvalue weighted by Gasteiger charge is 2.22. The van der Waals surface area contributed by atoms with Crippen molar-refractivity contribution >= 4 is 21.6 Å². The van der Waals surface area contributed by atoms with E-state index in [2.05, 4.69) is 38.1 Å². The molecule has 30 heavy (non-hydrogen) atoms. The second-order valence-corrected chi connectivity index (χ2v) is 9.56. The summed E-state index contributed by atoms with van der Waals surface area (Å²) in [5.41, 5.74) is 4.79. The van der Waals surface area contributed by atoms with Gasteiger partial charge in [-0.15, -0.1) is 11.3 Å². The minimum absolute atomic E-state index is 0.103. The lowest BCUT2D eigenvalue weighted by Gasteiger charge is -2.15. The first-order valence-electron chi connectivity index (χ1n) is 10.8. The molecule has 0 aliphatic heterocycles. The summed E-state index contributed by atoms with van der Waals surface area (Å²) in [5, 5.41) is 0.855. The molecule has 0 spiro atoms. The SMILES string of the molecule is CC(C)c1ccc(Cn2c(-c3ccccc3)nc3sc4c(c3c2=O)CCCC4)cc1. The number of aryl methyl sites for hydroxylation is 2. The van der Waals surface area contributed by atoms with E-state index >= 15 is 0 Å². The summed E-state index contributed by atoms with van der Waals surface area (Å²) >= 11 is 1.72. The zero-order chi connectivity index (χ0) is 20.7. The van der Waals surface area contributed by atoms with E-state index in [0.717, 1.165) is 46.4 Å². The third-order valence-electron chi connectivity index (χ3n) is 6.09. The van der Waals surface area contributed by atoms with Gasteiger partial charge >= 0.3 is 0 Å². The number of hydrogen-bond acceptors (Lipinski definition) is 3. The first-order valence-corrected chi connectivity index (χ1v) is 11.6. The Hall–Kier alpha value is -2.72. The average Bonchev–Trinajstić information content (AvgIpc) is 3.15. The molecule has 4 heteroatoms. The Morgan fingerprint density at radius 1 is 1.00 bits per heavy atom. The number of benzene rings is 2. The molecular weight excluding hydrogens is 388 g/mol. The fourth-order valence-corrected chi connectivity index (χ4v) is 5.64. The molecule has 0 radical (unpaired) electrons. The molecule has 2 heterocycles. The van der Waals surface area contributed by atoms with Gasteiger partial charge in [-0.05, 0) is 48.3 Å². The molecule has 0 N–H and O–H groups in total. The smallest absolute Gasteiger partial charge is 0.263 e. The van der Waals surface area contributed by atoms with Crippen LogP contribution in [0.2, 0.25) is 0 Å². The molecule has 0 saturated heterocycles. The number of rotatable bonds is 4. The van der Waals surface area contributed by atoms with Crippen LogP contribution in [0.1, 0.15) is 54.2 Å². The van der Waals surface area contributed by atoms with Crippen LogP contribution in [0.25, 0.3) is 21.6 Å². The largest absolute Gasteiger partial charge is 0.288 e. The lowest BCUT2D eigenvalue weighted by atomic mass is 9.97. The van der Waals surface area contributed by atoms with E-state index < -0.39 is 0 Å². The van der Waals surface area contributed by atoms with Crippen molar-refractivity contribution in [2.24, 2.45) is 0 Å². The van der Waals surface area contributed by atoms with E-state index in [1.54, 1.807) is 11.3 Å². The van der Waals surface area contributed by atoms with Crippen LogP contribution in [0.4, 0.5) is 0 Å². The van der Waals surface area contributed by atoms with Crippen LogP contribution in [0, 0.1) is 0 Å². The number of fused-ring (bicyclic) bond motifs is 3. The van der Waals surface area contributed by atoms with Gasteiger partial charge in [0, 0.05) is 10.4 Å². The second kappa shape index (κ2) is 7.84. The molecule has 0 bridgehead atoms. The van der Waals surface area contributed by atoms with Gasteiger partial charge in [0.15, 0.2) is 0 Å². The predicted octanol–water partition coefficient (Wildman–Crippen LogP) is 6.18. The number of aromatic nitrogens is 2. The maximum atomic E-state index is 13.8. The molecule has 1 aliphatic rings. The third-order valence-corrected chi connectivity index (χ3v) is 7.28. The summed E-state index contributed by atoms with van der Waals surface area (Å²) in [5.74, 6) is 1.26. The molecule has 2 aromatic carbocycles. The number of hydrogen-bond donors (Lipinski definition) is 0. The van der Waals surface area contributed by atoms with Crippen LogP contribution >= 0.6 is 11.3 Å². The van der Waals surface area contributed by atoms with Crippen molar-refractivity contribution in [1.29, 1.82) is 0 Å². The summed E-state index contributed by atoms with van der Waals surface area (Å²) < 4.78 is 1.88. The molecule has 4 aromatic rings. The molecule has 2 aromatic heterocycles. The van der Waals surface area contributed by atoms with Gasteiger partial charge in [0.1, 0.15) is 10.7 Å². The fourth-order valence-electron chi connectivity index (χ4n) is 4.38. The zero-order valence-corrected chi connectivity index (χ0v) is 18.3. The van der Waals surface area contributed by atoms with Crippen molar-refractivity contribution in [3.05, 3.63) is 86.5 Å². The standard InChI is InChI=1S/C26H26N2OS/c1-17(2)19-14-12-18(13-15-19)16-28-24(20-8-4-3-5-9-20)27-25-23(26(28)29)21-10-6-7-11-22(21)30-25/h3-5,8-9,12-15,17H,6-7,10-11,16H2,1-2H3. The van der Waals surface area contributed by atoms with Crippen molar-refractivity contribution in [3.63, 3.8) is 0 Å². The van der Waals surface area contributed by atoms with E-state index in [9.17, 15) is 4.79 Å². The minimum atomic E-state index is 0.103. The maximum absolute atomic E-state index is 13.8. The third kappa shape index (κ3) is 3.39. The van der Waals surface area contributed by atoms with Gasteiger partial charge < -0.3 is 0 Å². The topological polar surface area (TPSA) is 34.9 Å². The first-order chi connectivity index (χ1) is 14.6. The Labute approximate surface area is 181 Å². The van der Waals surface area contributed by atoms with Gasteiger partial charge in [-0.3, -0.25) is 9.36 Å². The second-order valence-electron chi connectivity index (χ2n) is 8.48. The molecule has 152 valence electrons. The van der Waals surface area contributed by atoms with E-state index in [1.807, 2.05) is 34.9 Å². The monoisotopic (exact) mass is 414 g/mol. The average molecular weight is 415 g/mol. The molecule has 0 fully saturated rings. The Bertz CT molecular complexity index is 1250. The molecule has 0 amide bonds. The Balaban J connectivity index is 1.69. The van der Waals surface area contributed by atoms with E-state index in [-0.39, 0.29) is 5.56 Å². The van der Waals surface area contributed by atoms with Crippen molar-refractivity contribution in [1.82, 2.24) is 9.55 Å². The Morgan fingerprint density at radius 3 is 2.47 bits per heavy atom. The van der Waals surface area contributed by atoms with Gasteiger partial charge in [0.05, 0.1) is 11.9 Å². The van der Waals surface area contributed by atoms with Crippen molar-refractivity contribution in [3.8, 4) is 11.4 Å². The molecular formula is C26H26N2OS. The van der Waals surface area contributed by atoms with Gasteiger partial charge in [0.2, 0.25) is 0 Å². The maximum Gasteiger partial charge on any atom is 0.263 e. The van der Waals surface area contributed by atoms with E-state index in [4.69, 9.17) is 4.98 Å². The number of thiophene rings is 1. The molecule has 0 saturated carbocycles. The Kier molecular flexibility index (Phi) is 5.03. The Morgan fingerprint density at radius 2 is 1.73 bits per heavy atom. The number of nitrogens with zero attached hydrogens (tertiary/aromatic N) is 2. The summed E-state index contributed by atoms with van der Waals surface area (Å²) in [6, 6.07) is 18.7. The van der Waals surface area contributed by atoms with E-state index in [1.165, 1.54) is 22.4 Å². The highest BCUT2D eigenvalue weighted by Crippen LogP contribution is 2.35. The summed E-state index contributed by atoms with van der Waals surface area (Å²) in [6.45, 7) is 4.93.